The van der Waals surface area contributed by atoms with Crippen LogP contribution in [0.2, 0.25) is 13.1 Å². The predicted molar refractivity (Wildman–Crippen MR) is 495 cm³/mol. The Bertz CT molecular complexity index is 6610. The average molecular weight is 1470 g/mol. The van der Waals surface area contributed by atoms with Crippen LogP contribution in [0, 0.1) is 145 Å². The van der Waals surface area contributed by atoms with Crippen LogP contribution < -0.4 is 10.4 Å². The van der Waals surface area contributed by atoms with Crippen LogP contribution in [0.4, 0.5) is 0 Å². The summed E-state index contributed by atoms with van der Waals surface area (Å²) in [5.74, 6) is 0.829. The summed E-state index contributed by atoms with van der Waals surface area (Å²) in [4.78, 5) is 0. The van der Waals surface area contributed by atoms with E-state index in [2.05, 4.69) is 395 Å². The summed E-state index contributed by atoms with van der Waals surface area (Å²) in [6.45, 7) is 51.6. The largest absolute Gasteiger partial charge is 0.113 e. The molecule has 0 atom stereocenters. The van der Waals surface area contributed by atoms with Gasteiger partial charge in [0.15, 0.2) is 0 Å². The van der Waals surface area contributed by atoms with Crippen LogP contribution in [0.25, 0.3) is 97.3 Å². The molecule has 17 aromatic carbocycles. The molecule has 558 valence electrons. The summed E-state index contributed by atoms with van der Waals surface area (Å²) >= 11 is 0. The second kappa shape index (κ2) is 29.9. The van der Waals surface area contributed by atoms with E-state index in [1.165, 1.54) is 248 Å². The van der Waals surface area contributed by atoms with E-state index in [0.717, 1.165) is 0 Å². The van der Waals surface area contributed by atoms with E-state index >= 15 is 0 Å². The third kappa shape index (κ3) is 13.1. The average Bonchev–Trinajstić information content (AvgIpc) is 0.825. The van der Waals surface area contributed by atoms with Gasteiger partial charge in [0.2, 0.25) is 0 Å². The van der Waals surface area contributed by atoms with Gasteiger partial charge in [-0.05, 0) is 375 Å². The van der Waals surface area contributed by atoms with Crippen molar-refractivity contribution < 1.29 is 0 Å². The van der Waals surface area contributed by atoms with Gasteiger partial charge in [-0.3, -0.25) is 0 Å². The Kier molecular flexibility index (Phi) is 20.4. The topological polar surface area (TPSA) is 0 Å². The second-order valence-corrected chi connectivity index (χ2v) is 38.2. The van der Waals surface area contributed by atoms with Gasteiger partial charge in [0.1, 0.15) is 8.07 Å². The van der Waals surface area contributed by atoms with E-state index in [0.29, 0.717) is 11.8 Å². The predicted octanol–water partition coefficient (Wildman–Crippen LogP) is 29.6. The van der Waals surface area contributed by atoms with E-state index in [4.69, 9.17) is 0 Å². The second-order valence-electron chi connectivity index (χ2n) is 33.9. The highest BCUT2D eigenvalue weighted by Gasteiger charge is 2.41. The number of fused-ring (bicyclic) bond motifs is 15. The van der Waals surface area contributed by atoms with Crippen LogP contribution in [-0.4, -0.2) is 8.07 Å². The first-order valence-electron chi connectivity index (χ1n) is 40.6. The summed E-state index contributed by atoms with van der Waals surface area (Å²) in [5, 5.41) is 25.6. The van der Waals surface area contributed by atoms with E-state index in [9.17, 15) is 0 Å². The number of benzene rings is 17. The van der Waals surface area contributed by atoms with Gasteiger partial charge in [-0.15, -0.1) is 0 Å². The molecule has 1 aliphatic heterocycles. The van der Waals surface area contributed by atoms with Crippen LogP contribution in [0.3, 0.4) is 0 Å². The molecular formula is C111H110Si. The van der Waals surface area contributed by atoms with E-state index in [1.807, 2.05) is 0 Å². The van der Waals surface area contributed by atoms with Crippen molar-refractivity contribution in [2.45, 2.75) is 170 Å². The zero-order valence-electron chi connectivity index (χ0n) is 70.7. The molecule has 4 aliphatic rings. The molecule has 21 rings (SSSR count). The molecule has 0 amide bonds. The summed E-state index contributed by atoms with van der Waals surface area (Å²) in [6, 6.07) is 87.9. The Morgan fingerprint density at radius 3 is 0.955 bits per heavy atom. The van der Waals surface area contributed by atoms with Crippen LogP contribution in [0.5, 0.6) is 0 Å². The Labute approximate surface area is 668 Å². The minimum atomic E-state index is -1.40. The van der Waals surface area contributed by atoms with Crippen molar-refractivity contribution >= 4 is 105 Å². The first-order chi connectivity index (χ1) is 53.6. The smallest absolute Gasteiger partial charge is 0.0623 e. The van der Waals surface area contributed by atoms with Crippen LogP contribution >= 0.6 is 0 Å². The van der Waals surface area contributed by atoms with Gasteiger partial charge in [-0.1, -0.05) is 277 Å². The summed E-state index contributed by atoms with van der Waals surface area (Å²) in [5.41, 5.74) is 41.3. The number of hydrogen-bond acceptors (Lipinski definition) is 0. The zero-order valence-corrected chi connectivity index (χ0v) is 71.7. The molecule has 0 saturated carbocycles. The molecule has 2 bridgehead atoms. The Morgan fingerprint density at radius 1 is 0.179 bits per heavy atom. The molecule has 17 aromatic rings. The Balaban J connectivity index is 0.000000107. The summed E-state index contributed by atoms with van der Waals surface area (Å²) in [6.07, 6.45) is 0. The normalized spacial score (nSPS) is 13.7. The highest BCUT2D eigenvalue weighted by atomic mass is 28.3. The van der Waals surface area contributed by atoms with Crippen molar-refractivity contribution in [2.75, 3.05) is 0 Å². The van der Waals surface area contributed by atoms with E-state index < -0.39 is 8.07 Å². The lowest BCUT2D eigenvalue weighted by Crippen LogP contribution is -2.49. The minimum absolute atomic E-state index is 0.414. The van der Waals surface area contributed by atoms with E-state index in [1.54, 1.807) is 10.4 Å². The third-order valence-electron chi connectivity index (χ3n) is 26.8. The quantitative estimate of drug-likeness (QED) is 0.105. The SMILES string of the molecule is Cc1cc2c(c(C)c1C)c(C)c(C)c1ccccc12.Cc1ccc2c(c1)-c1ccccc1[Si]2(C)C.Cc1ccc2c(c1)C1c3ccccc3C2c2ccccc21.Cc1ccc2c(c1)c(C)c(C)c1c(C)c(C)c(C)cc12.Cc1ccc2c(c1)c(C)c(C)c1cc(C)ccc12.Cc1ccc2c(c1C)c(C)c(C)c1ccccc12. The number of rotatable bonds is 0. The van der Waals surface area contributed by atoms with Crippen molar-refractivity contribution in [3.8, 4) is 11.1 Å². The molecule has 0 radical (unpaired) electrons. The van der Waals surface area contributed by atoms with Crippen molar-refractivity contribution in [1.82, 2.24) is 0 Å². The third-order valence-corrected chi connectivity index (χ3v) is 30.4. The molecular weight excluding hydrogens is 1360 g/mol. The van der Waals surface area contributed by atoms with E-state index in [-0.39, 0.29) is 0 Å². The molecule has 0 fully saturated rings. The molecule has 0 saturated heterocycles. The Morgan fingerprint density at radius 2 is 0.482 bits per heavy atom. The van der Waals surface area contributed by atoms with Gasteiger partial charge in [0, 0.05) is 11.8 Å². The van der Waals surface area contributed by atoms with Gasteiger partial charge < -0.3 is 0 Å². The monoisotopic (exact) mass is 1470 g/mol. The summed E-state index contributed by atoms with van der Waals surface area (Å²) in [7, 11) is -1.40. The van der Waals surface area contributed by atoms with Gasteiger partial charge in [0.25, 0.3) is 0 Å². The summed E-state index contributed by atoms with van der Waals surface area (Å²) < 4.78 is 0. The van der Waals surface area contributed by atoms with Gasteiger partial charge in [-0.25, -0.2) is 0 Å². The standard InChI is InChI=1S/C21H16.C20H22.C19H20.2C18H18.C15H16Si/c1-13-10-11-18-19(12-13)21-16-8-4-2-6-14(16)20(18)15-7-3-5-9-17(15)21;1-11-7-8-17-18(9-11)14(4)16(6)20-15(5)13(3)12(2)10-19(17)20;1-11-10-18-17-9-7-6-8-16(17)13(3)15(5)19(18)14(4)12(11)2;1-11-5-7-15-16-8-6-12(2)10-18(16)14(4)13(3)17(15)9-11;1-11-9-10-17-16-8-6-5-7-15(16)13(3)14(4)18(17)12(11)2;1-11-8-9-15-13(10-11)12-6-4-5-7-14(12)16(15,2)3/h2-12,20-21H,1H3;7-10H,1-6H3;6-10H,1-5H3;2*5-10H,1-4H3;4-10H,1-3H3. The van der Waals surface area contributed by atoms with Crippen molar-refractivity contribution in [3.05, 3.63) is 387 Å². The molecule has 0 nitrogen and oxygen atoms in total. The van der Waals surface area contributed by atoms with Crippen LogP contribution in [-0.2, 0) is 0 Å². The molecule has 1 heteroatoms. The lowest BCUT2D eigenvalue weighted by atomic mass is 9.61. The molecule has 112 heavy (non-hydrogen) atoms. The molecule has 1 heterocycles. The molecule has 3 aliphatic carbocycles. The maximum atomic E-state index is 2.45. The highest BCUT2D eigenvalue weighted by molar-refractivity contribution is 7.03. The van der Waals surface area contributed by atoms with Crippen molar-refractivity contribution in [1.29, 1.82) is 0 Å². The minimum Gasteiger partial charge on any atom is -0.0623 e. The molecule has 0 N–H and O–H groups in total. The zero-order chi connectivity index (χ0) is 79.4. The van der Waals surface area contributed by atoms with Gasteiger partial charge >= 0.3 is 0 Å². The van der Waals surface area contributed by atoms with Gasteiger partial charge in [0.05, 0.1) is 0 Å². The fourth-order valence-electron chi connectivity index (χ4n) is 19.5. The van der Waals surface area contributed by atoms with Crippen molar-refractivity contribution in [2.24, 2.45) is 0 Å². The molecule has 0 unspecified atom stereocenters. The fourth-order valence-corrected chi connectivity index (χ4v) is 22.5. The fraction of sp³-hybridized carbons (Fsp3) is 0.225. The molecule has 0 aromatic heterocycles. The first-order valence-corrected chi connectivity index (χ1v) is 43.6. The molecule has 0 spiro atoms. The maximum absolute atomic E-state index is 2.45. The van der Waals surface area contributed by atoms with Crippen LogP contribution in [0.15, 0.2) is 237 Å². The lowest BCUT2D eigenvalue weighted by molar-refractivity contribution is 0.753. The highest BCUT2D eigenvalue weighted by Crippen LogP contribution is 2.56. The lowest BCUT2D eigenvalue weighted by Gasteiger charge is -2.42. The number of aryl methyl sites for hydroxylation is 19. The van der Waals surface area contributed by atoms with Crippen LogP contribution in [0.1, 0.15) is 162 Å². The van der Waals surface area contributed by atoms with Crippen molar-refractivity contribution in [3.63, 3.8) is 0 Å². The number of hydrogen-bond donors (Lipinski definition) is 0. The van der Waals surface area contributed by atoms with Gasteiger partial charge in [-0.2, -0.15) is 0 Å². The first kappa shape index (κ1) is 76.4. The maximum Gasteiger partial charge on any atom is 0.113 e. The Hall–Kier alpha value is -11.0.